The summed E-state index contributed by atoms with van der Waals surface area (Å²) in [6, 6.07) is 0. The van der Waals surface area contributed by atoms with Gasteiger partial charge < -0.3 is 0 Å². The summed E-state index contributed by atoms with van der Waals surface area (Å²) in [6.45, 7) is 2.02. The third-order valence-corrected chi connectivity index (χ3v) is 1.49. The molecule has 0 aromatic heterocycles. The van der Waals surface area contributed by atoms with Crippen molar-refractivity contribution in [2.75, 3.05) is 0 Å². The maximum absolute atomic E-state index is 4.35. The number of isothiocyanates is 1. The smallest absolute Gasteiger partial charge is 0.115 e. The standard InChI is InChI=1S/C4H6BrNS/c1-2-4(5)6-3-7/h4H,2H2,1H3. The van der Waals surface area contributed by atoms with Crippen LogP contribution in [0.15, 0.2) is 4.99 Å². The van der Waals surface area contributed by atoms with Crippen LogP contribution in [-0.2, 0) is 0 Å². The summed E-state index contributed by atoms with van der Waals surface area (Å²) >= 11 is 7.59. The van der Waals surface area contributed by atoms with Crippen LogP contribution in [0.25, 0.3) is 0 Å². The van der Waals surface area contributed by atoms with Gasteiger partial charge in [0.15, 0.2) is 0 Å². The highest BCUT2D eigenvalue weighted by atomic mass is 79.9. The fraction of sp³-hybridized carbons (Fsp3) is 0.750. The summed E-state index contributed by atoms with van der Waals surface area (Å²) in [7, 11) is 0. The highest BCUT2D eigenvalue weighted by molar-refractivity contribution is 9.09. The number of hydrogen-bond donors (Lipinski definition) is 0. The second-order valence-electron chi connectivity index (χ2n) is 1.06. The van der Waals surface area contributed by atoms with Crippen LogP contribution in [0.3, 0.4) is 0 Å². The molecule has 0 aliphatic heterocycles. The summed E-state index contributed by atoms with van der Waals surface area (Å²) < 4.78 is 0. The second kappa shape index (κ2) is 4.44. The predicted molar refractivity (Wildman–Crippen MR) is 38.0 cm³/mol. The van der Waals surface area contributed by atoms with Gasteiger partial charge in [0.1, 0.15) is 4.95 Å². The van der Waals surface area contributed by atoms with Crippen molar-refractivity contribution in [1.29, 1.82) is 0 Å². The average Bonchev–Trinajstić information content (AvgIpc) is 1.68. The zero-order chi connectivity index (χ0) is 5.70. The molecule has 0 aromatic carbocycles. The van der Waals surface area contributed by atoms with Crippen molar-refractivity contribution in [3.05, 3.63) is 0 Å². The van der Waals surface area contributed by atoms with Crippen molar-refractivity contribution in [1.82, 2.24) is 0 Å². The van der Waals surface area contributed by atoms with Gasteiger partial charge in [0.2, 0.25) is 0 Å². The van der Waals surface area contributed by atoms with E-state index in [2.05, 4.69) is 38.3 Å². The number of nitrogens with zero attached hydrogens (tertiary/aromatic N) is 1. The van der Waals surface area contributed by atoms with Crippen LogP contribution in [0.4, 0.5) is 0 Å². The van der Waals surface area contributed by atoms with E-state index < -0.39 is 0 Å². The van der Waals surface area contributed by atoms with Crippen LogP contribution in [0.1, 0.15) is 13.3 Å². The number of aliphatic imine (C=N–C) groups is 1. The van der Waals surface area contributed by atoms with Crippen molar-refractivity contribution in [2.45, 2.75) is 18.3 Å². The molecule has 0 aromatic rings. The summed E-state index contributed by atoms with van der Waals surface area (Å²) in [6.07, 6.45) is 0.962. The first-order valence-electron chi connectivity index (χ1n) is 2.02. The van der Waals surface area contributed by atoms with E-state index in [0.717, 1.165) is 6.42 Å². The van der Waals surface area contributed by atoms with Crippen molar-refractivity contribution < 1.29 is 0 Å². The van der Waals surface area contributed by atoms with E-state index in [1.807, 2.05) is 6.92 Å². The van der Waals surface area contributed by atoms with Gasteiger partial charge in [-0.1, -0.05) is 22.9 Å². The molecule has 0 N–H and O–H groups in total. The first kappa shape index (κ1) is 7.28. The van der Waals surface area contributed by atoms with Gasteiger partial charge in [-0.3, -0.25) is 0 Å². The van der Waals surface area contributed by atoms with Gasteiger partial charge in [-0.05, 0) is 18.6 Å². The van der Waals surface area contributed by atoms with Crippen molar-refractivity contribution in [3.8, 4) is 0 Å². The molecule has 0 radical (unpaired) electrons. The highest BCUT2D eigenvalue weighted by Gasteiger charge is 1.90. The van der Waals surface area contributed by atoms with E-state index in [-0.39, 0.29) is 4.95 Å². The SMILES string of the molecule is CCC(Br)N=C=S. The number of thiocarbonyl (C=S) groups is 1. The summed E-state index contributed by atoms with van der Waals surface area (Å²) in [5, 5.41) is 2.28. The molecule has 0 aliphatic carbocycles. The lowest BCUT2D eigenvalue weighted by molar-refractivity contribution is 0.892. The molecule has 0 fully saturated rings. The largest absolute Gasteiger partial charge is 0.218 e. The monoisotopic (exact) mass is 179 g/mol. The van der Waals surface area contributed by atoms with Gasteiger partial charge in [-0.15, -0.1) is 0 Å². The molecule has 3 heteroatoms. The molecule has 1 nitrogen and oxygen atoms in total. The van der Waals surface area contributed by atoms with Crippen LogP contribution in [0, 0.1) is 0 Å². The zero-order valence-electron chi connectivity index (χ0n) is 4.02. The normalized spacial score (nSPS) is 12.3. The van der Waals surface area contributed by atoms with E-state index in [1.165, 1.54) is 0 Å². The first-order valence-corrected chi connectivity index (χ1v) is 3.34. The Labute approximate surface area is 57.0 Å². The summed E-state index contributed by atoms with van der Waals surface area (Å²) in [5.74, 6) is 0. The minimum Gasteiger partial charge on any atom is -0.218 e. The molecule has 0 saturated heterocycles. The molecule has 0 saturated carbocycles. The number of hydrogen-bond acceptors (Lipinski definition) is 2. The molecule has 0 bridgehead atoms. The lowest BCUT2D eigenvalue weighted by Crippen LogP contribution is -1.85. The third kappa shape index (κ3) is 4.13. The molecule has 0 spiro atoms. The van der Waals surface area contributed by atoms with Crippen LogP contribution < -0.4 is 0 Å². The topological polar surface area (TPSA) is 12.4 Å². The third-order valence-electron chi connectivity index (χ3n) is 0.530. The predicted octanol–water partition coefficient (Wildman–Crippen LogP) is 2.22. The number of halogens is 1. The Morgan fingerprint density at radius 2 is 2.57 bits per heavy atom. The number of rotatable bonds is 2. The quantitative estimate of drug-likeness (QED) is 0.274. The lowest BCUT2D eigenvalue weighted by Gasteiger charge is -1.90. The van der Waals surface area contributed by atoms with E-state index in [0.29, 0.717) is 0 Å². The van der Waals surface area contributed by atoms with Gasteiger partial charge >= 0.3 is 0 Å². The Kier molecular flexibility index (Phi) is 4.62. The Morgan fingerprint density at radius 1 is 2.00 bits per heavy atom. The lowest BCUT2D eigenvalue weighted by atomic mass is 10.5. The Bertz CT molecular complexity index is 87.7. The Hall–Kier alpha value is 0.280. The summed E-state index contributed by atoms with van der Waals surface area (Å²) in [5.41, 5.74) is 0. The van der Waals surface area contributed by atoms with Crippen LogP contribution in [0.5, 0.6) is 0 Å². The molecule has 0 rings (SSSR count). The molecule has 0 aliphatic rings. The second-order valence-corrected chi connectivity index (χ2v) is 2.30. The Balaban J connectivity index is 3.35. The van der Waals surface area contributed by atoms with Gasteiger partial charge in [0.25, 0.3) is 0 Å². The van der Waals surface area contributed by atoms with E-state index >= 15 is 0 Å². The molecule has 40 valence electrons. The van der Waals surface area contributed by atoms with E-state index in [1.54, 1.807) is 0 Å². The summed E-state index contributed by atoms with van der Waals surface area (Å²) in [4.78, 5) is 3.90. The van der Waals surface area contributed by atoms with Crippen molar-refractivity contribution in [3.63, 3.8) is 0 Å². The van der Waals surface area contributed by atoms with Gasteiger partial charge in [0, 0.05) is 0 Å². The highest BCUT2D eigenvalue weighted by Crippen LogP contribution is 2.02. The van der Waals surface area contributed by atoms with Crippen LogP contribution >= 0.6 is 28.1 Å². The first-order chi connectivity index (χ1) is 3.31. The fourth-order valence-corrected chi connectivity index (χ4v) is 0.514. The van der Waals surface area contributed by atoms with Crippen molar-refractivity contribution in [2.24, 2.45) is 4.99 Å². The minimum absolute atomic E-state index is 0.171. The van der Waals surface area contributed by atoms with Crippen LogP contribution in [0.2, 0.25) is 0 Å². The molecule has 0 amide bonds. The molecule has 7 heavy (non-hydrogen) atoms. The fourth-order valence-electron chi connectivity index (χ4n) is 0.148. The zero-order valence-corrected chi connectivity index (χ0v) is 6.42. The molecule has 1 atom stereocenters. The molecule has 0 heterocycles. The molecular formula is C4H6BrNS. The van der Waals surface area contributed by atoms with E-state index in [4.69, 9.17) is 0 Å². The van der Waals surface area contributed by atoms with Gasteiger partial charge in [-0.25, -0.2) is 4.99 Å². The van der Waals surface area contributed by atoms with Crippen molar-refractivity contribution >= 4 is 33.3 Å². The maximum Gasteiger partial charge on any atom is 0.115 e. The maximum atomic E-state index is 4.35. The molecular weight excluding hydrogens is 174 g/mol. The Morgan fingerprint density at radius 3 is 2.71 bits per heavy atom. The average molecular weight is 180 g/mol. The number of alkyl halides is 1. The van der Waals surface area contributed by atoms with Crippen LogP contribution in [-0.4, -0.2) is 10.1 Å². The van der Waals surface area contributed by atoms with E-state index in [9.17, 15) is 0 Å². The van der Waals surface area contributed by atoms with Gasteiger partial charge in [0.05, 0.1) is 5.16 Å². The van der Waals surface area contributed by atoms with Gasteiger partial charge in [-0.2, -0.15) is 0 Å². The minimum atomic E-state index is 0.171. The molecule has 1 unspecified atom stereocenters.